The molecule has 4 rings (SSSR count). The van der Waals surface area contributed by atoms with Crippen LogP contribution in [0.1, 0.15) is 65.2 Å². The summed E-state index contributed by atoms with van der Waals surface area (Å²) in [5, 5.41) is 0. The first-order valence-electron chi connectivity index (χ1n) is 11.7. The zero-order valence-corrected chi connectivity index (χ0v) is 18.1. The molecule has 0 bridgehead atoms. The van der Waals surface area contributed by atoms with Crippen molar-refractivity contribution < 1.29 is 19.1 Å². The van der Waals surface area contributed by atoms with E-state index in [4.69, 9.17) is 9.47 Å². The van der Waals surface area contributed by atoms with E-state index in [1.165, 1.54) is 12.8 Å². The van der Waals surface area contributed by atoms with Crippen LogP contribution in [-0.4, -0.2) is 89.8 Å². The second-order valence-electron chi connectivity index (χ2n) is 9.42. The highest BCUT2D eigenvalue weighted by Crippen LogP contribution is 2.33. The Morgan fingerprint density at radius 3 is 2.31 bits per heavy atom. The normalized spacial score (nSPS) is 30.5. The number of hydrogen-bond acceptors (Lipinski definition) is 5. The lowest BCUT2D eigenvalue weighted by molar-refractivity contribution is -0.167. The number of amides is 2. The van der Waals surface area contributed by atoms with Crippen molar-refractivity contribution in [3.8, 4) is 0 Å². The van der Waals surface area contributed by atoms with Crippen molar-refractivity contribution in [2.24, 2.45) is 0 Å². The van der Waals surface area contributed by atoms with E-state index in [0.717, 1.165) is 64.7 Å². The van der Waals surface area contributed by atoms with E-state index >= 15 is 0 Å². The van der Waals surface area contributed by atoms with Crippen LogP contribution < -0.4 is 0 Å². The van der Waals surface area contributed by atoms with Gasteiger partial charge in [-0.2, -0.15) is 0 Å². The molecule has 7 heteroatoms. The molecule has 1 aliphatic carbocycles. The van der Waals surface area contributed by atoms with E-state index in [-0.39, 0.29) is 30.8 Å². The topological polar surface area (TPSA) is 62.3 Å². The minimum atomic E-state index is -0.176. The van der Waals surface area contributed by atoms with E-state index in [1.54, 1.807) is 0 Å². The van der Waals surface area contributed by atoms with Gasteiger partial charge in [-0.15, -0.1) is 0 Å². The number of morpholine rings is 1. The Morgan fingerprint density at radius 2 is 1.62 bits per heavy atom. The second-order valence-corrected chi connectivity index (χ2v) is 9.42. The van der Waals surface area contributed by atoms with Crippen molar-refractivity contribution in [2.75, 3.05) is 32.8 Å². The summed E-state index contributed by atoms with van der Waals surface area (Å²) < 4.78 is 11.2. The molecular weight excluding hydrogens is 370 g/mol. The summed E-state index contributed by atoms with van der Waals surface area (Å²) in [5.74, 6) is 0.198. The van der Waals surface area contributed by atoms with Gasteiger partial charge in [0.25, 0.3) is 0 Å². The summed E-state index contributed by atoms with van der Waals surface area (Å²) in [6, 6.07) is 1.22. The van der Waals surface area contributed by atoms with Crippen molar-refractivity contribution in [3.63, 3.8) is 0 Å². The molecule has 164 valence electrons. The van der Waals surface area contributed by atoms with Crippen LogP contribution in [0.25, 0.3) is 0 Å². The third kappa shape index (κ3) is 4.71. The maximum Gasteiger partial charge on any atom is 0.410 e. The maximum atomic E-state index is 12.6. The van der Waals surface area contributed by atoms with Gasteiger partial charge in [0.05, 0.1) is 18.2 Å². The van der Waals surface area contributed by atoms with Gasteiger partial charge in [-0.25, -0.2) is 4.79 Å². The molecule has 4 fully saturated rings. The fraction of sp³-hybridized carbons (Fsp3) is 0.909. The zero-order chi connectivity index (χ0) is 20.4. The average Bonchev–Trinajstić information content (AvgIpc) is 2.73. The number of carbonyl (C=O) groups is 2. The summed E-state index contributed by atoms with van der Waals surface area (Å²) in [6.07, 6.45) is 8.81. The summed E-state index contributed by atoms with van der Waals surface area (Å²) in [5.41, 5.74) is 0. The van der Waals surface area contributed by atoms with Gasteiger partial charge in [0, 0.05) is 38.3 Å². The van der Waals surface area contributed by atoms with E-state index < -0.39 is 0 Å². The Hall–Kier alpha value is -1.34. The van der Waals surface area contributed by atoms with Gasteiger partial charge < -0.3 is 24.2 Å². The van der Waals surface area contributed by atoms with Crippen molar-refractivity contribution in [3.05, 3.63) is 0 Å². The van der Waals surface area contributed by atoms with Gasteiger partial charge >= 0.3 is 6.09 Å². The number of piperidine rings is 2. The van der Waals surface area contributed by atoms with Crippen LogP contribution in [-0.2, 0) is 14.3 Å². The highest BCUT2D eigenvalue weighted by atomic mass is 16.6. The molecule has 0 radical (unpaired) electrons. The van der Waals surface area contributed by atoms with E-state index in [9.17, 15) is 9.59 Å². The molecule has 0 aromatic carbocycles. The molecule has 1 saturated carbocycles. The van der Waals surface area contributed by atoms with Crippen LogP contribution in [0.2, 0.25) is 0 Å². The molecule has 0 N–H and O–H groups in total. The number of rotatable bonds is 3. The smallest absolute Gasteiger partial charge is 0.410 e. The SMILES string of the molecule is CC(C)OC(=O)N1CCC(N2CCC(N3C(=O)COC4CCCCC43)CC2)CC1. The number of fused-ring (bicyclic) bond motifs is 1. The van der Waals surface area contributed by atoms with E-state index in [0.29, 0.717) is 18.1 Å². The van der Waals surface area contributed by atoms with E-state index in [2.05, 4.69) is 9.80 Å². The number of hydrogen-bond donors (Lipinski definition) is 0. The molecule has 2 amide bonds. The Balaban J connectivity index is 1.26. The van der Waals surface area contributed by atoms with Crippen molar-refractivity contribution in [1.82, 2.24) is 14.7 Å². The Morgan fingerprint density at radius 1 is 0.966 bits per heavy atom. The molecule has 0 aromatic heterocycles. The molecule has 2 unspecified atom stereocenters. The van der Waals surface area contributed by atoms with Crippen LogP contribution in [0.15, 0.2) is 0 Å². The van der Waals surface area contributed by atoms with Crippen LogP contribution in [0, 0.1) is 0 Å². The predicted molar refractivity (Wildman–Crippen MR) is 110 cm³/mol. The molecule has 3 aliphatic heterocycles. The van der Waals surface area contributed by atoms with Gasteiger partial charge in [-0.05, 0) is 52.4 Å². The first kappa shape index (κ1) is 20.9. The van der Waals surface area contributed by atoms with E-state index in [1.807, 2.05) is 18.7 Å². The maximum absolute atomic E-state index is 12.6. The predicted octanol–water partition coefficient (Wildman–Crippen LogP) is 2.63. The molecule has 3 saturated heterocycles. The average molecular weight is 408 g/mol. The molecule has 4 aliphatic rings. The molecule has 2 atom stereocenters. The van der Waals surface area contributed by atoms with Gasteiger partial charge in [0.15, 0.2) is 0 Å². The summed E-state index contributed by atoms with van der Waals surface area (Å²) in [6.45, 7) is 7.71. The molecule has 7 nitrogen and oxygen atoms in total. The Bertz CT molecular complexity index is 583. The highest BCUT2D eigenvalue weighted by Gasteiger charge is 2.42. The molecule has 29 heavy (non-hydrogen) atoms. The largest absolute Gasteiger partial charge is 0.447 e. The summed E-state index contributed by atoms with van der Waals surface area (Å²) >= 11 is 0. The first-order valence-corrected chi connectivity index (χ1v) is 11.7. The van der Waals surface area contributed by atoms with Crippen LogP contribution in [0.3, 0.4) is 0 Å². The lowest BCUT2D eigenvalue weighted by Gasteiger charge is -2.50. The van der Waals surface area contributed by atoms with Crippen molar-refractivity contribution >= 4 is 12.0 Å². The number of ether oxygens (including phenoxy) is 2. The molecule has 0 spiro atoms. The Labute approximate surface area is 174 Å². The van der Waals surface area contributed by atoms with Crippen molar-refractivity contribution in [1.29, 1.82) is 0 Å². The standard InChI is InChI=1S/C22H37N3O4/c1-16(2)29-22(27)24-13-7-17(8-14-24)23-11-9-18(10-12-23)25-19-5-3-4-6-20(19)28-15-21(25)26/h16-20H,3-15H2,1-2H3. The lowest BCUT2D eigenvalue weighted by atomic mass is 9.87. The van der Waals surface area contributed by atoms with Crippen LogP contribution in [0.4, 0.5) is 4.79 Å². The zero-order valence-electron chi connectivity index (χ0n) is 18.1. The third-order valence-corrected chi connectivity index (χ3v) is 7.20. The lowest BCUT2D eigenvalue weighted by Crippen LogP contribution is -2.61. The minimum Gasteiger partial charge on any atom is -0.447 e. The summed E-state index contributed by atoms with van der Waals surface area (Å²) in [7, 11) is 0. The second kappa shape index (κ2) is 9.21. The fourth-order valence-corrected chi connectivity index (χ4v) is 5.72. The number of nitrogens with zero attached hydrogens (tertiary/aromatic N) is 3. The van der Waals surface area contributed by atoms with Gasteiger partial charge in [0.1, 0.15) is 6.61 Å². The molecular formula is C22H37N3O4. The quantitative estimate of drug-likeness (QED) is 0.720. The minimum absolute atomic E-state index is 0.0640. The van der Waals surface area contributed by atoms with Crippen LogP contribution in [0.5, 0.6) is 0 Å². The number of carbonyl (C=O) groups excluding carboxylic acids is 2. The summed E-state index contributed by atoms with van der Waals surface area (Å²) in [4.78, 5) is 31.4. The molecule has 0 aromatic rings. The van der Waals surface area contributed by atoms with Gasteiger partial charge in [-0.1, -0.05) is 12.8 Å². The van der Waals surface area contributed by atoms with Gasteiger partial charge in [-0.3, -0.25) is 4.79 Å². The monoisotopic (exact) mass is 407 g/mol. The third-order valence-electron chi connectivity index (χ3n) is 7.20. The first-order chi connectivity index (χ1) is 14.0. The van der Waals surface area contributed by atoms with Crippen molar-refractivity contribution in [2.45, 2.75) is 95.5 Å². The van der Waals surface area contributed by atoms with Gasteiger partial charge in [0.2, 0.25) is 5.91 Å². The van der Waals surface area contributed by atoms with Crippen LogP contribution >= 0.6 is 0 Å². The Kier molecular flexibility index (Phi) is 6.64. The fourth-order valence-electron chi connectivity index (χ4n) is 5.72. The molecule has 3 heterocycles. The highest BCUT2D eigenvalue weighted by molar-refractivity contribution is 5.79. The number of likely N-dealkylation sites (tertiary alicyclic amines) is 2.